The molecule has 0 aliphatic carbocycles. The molecule has 0 spiro atoms. The van der Waals surface area contributed by atoms with E-state index in [0.29, 0.717) is 6.42 Å². The number of aryl methyl sites for hydroxylation is 1. The van der Waals surface area contributed by atoms with Crippen LogP contribution in [0.5, 0.6) is 5.75 Å². The van der Waals surface area contributed by atoms with Crippen molar-refractivity contribution in [3.63, 3.8) is 0 Å². The highest BCUT2D eigenvalue weighted by molar-refractivity contribution is 5.31. The Balaban J connectivity index is 2.17. The van der Waals surface area contributed by atoms with E-state index in [1.54, 1.807) is 12.3 Å². The topological polar surface area (TPSA) is 60.2 Å². The lowest BCUT2D eigenvalue weighted by Crippen LogP contribution is -2.29. The monoisotopic (exact) mass is 275 g/mol. The van der Waals surface area contributed by atoms with Gasteiger partial charge in [-0.15, -0.1) is 0 Å². The average Bonchev–Trinajstić information content (AvgIpc) is 2.46. The minimum absolute atomic E-state index is 0.115. The molecule has 1 aromatic heterocycles. The predicted molar refractivity (Wildman–Crippen MR) is 75.7 cm³/mol. The van der Waals surface area contributed by atoms with Crippen molar-refractivity contribution in [2.75, 3.05) is 7.11 Å². The summed E-state index contributed by atoms with van der Waals surface area (Å²) in [7, 11) is 1.44. The minimum atomic E-state index is -0.372. The summed E-state index contributed by atoms with van der Waals surface area (Å²) in [5.74, 6) is 5.46. The first kappa shape index (κ1) is 14.4. The zero-order chi connectivity index (χ0) is 14.5. The largest absolute Gasteiger partial charge is 0.494 e. The van der Waals surface area contributed by atoms with Crippen LogP contribution in [0.2, 0.25) is 0 Å². The lowest BCUT2D eigenvalue weighted by Gasteiger charge is -2.16. The number of ether oxygens (including phenoxy) is 1. The van der Waals surface area contributed by atoms with Gasteiger partial charge in [0.05, 0.1) is 13.2 Å². The summed E-state index contributed by atoms with van der Waals surface area (Å²) in [6.07, 6.45) is 2.35. The van der Waals surface area contributed by atoms with Crippen molar-refractivity contribution in [2.45, 2.75) is 19.4 Å². The fraction of sp³-hybridized carbons (Fsp3) is 0.267. The van der Waals surface area contributed by atoms with Gasteiger partial charge in [0, 0.05) is 11.9 Å². The Hall–Kier alpha value is -1.98. The van der Waals surface area contributed by atoms with Crippen molar-refractivity contribution in [3.05, 3.63) is 59.2 Å². The molecule has 4 nitrogen and oxygen atoms in total. The highest BCUT2D eigenvalue weighted by atomic mass is 19.1. The van der Waals surface area contributed by atoms with Crippen LogP contribution in [0.4, 0.5) is 4.39 Å². The number of aromatic nitrogens is 1. The van der Waals surface area contributed by atoms with E-state index in [9.17, 15) is 4.39 Å². The molecule has 106 valence electrons. The number of methoxy groups -OCH3 is 1. The van der Waals surface area contributed by atoms with Gasteiger partial charge < -0.3 is 4.74 Å². The molecule has 0 saturated heterocycles. The van der Waals surface area contributed by atoms with Gasteiger partial charge in [-0.25, -0.2) is 4.39 Å². The van der Waals surface area contributed by atoms with Crippen LogP contribution in [0.25, 0.3) is 0 Å². The molecule has 0 bridgehead atoms. The molecule has 0 fully saturated rings. The summed E-state index contributed by atoms with van der Waals surface area (Å²) in [5.41, 5.74) is 5.49. The summed E-state index contributed by atoms with van der Waals surface area (Å²) >= 11 is 0. The fourth-order valence-corrected chi connectivity index (χ4v) is 2.03. The summed E-state index contributed by atoms with van der Waals surface area (Å²) in [4.78, 5) is 4.24. The van der Waals surface area contributed by atoms with Gasteiger partial charge >= 0.3 is 0 Å². The molecule has 1 atom stereocenters. The number of hydrazine groups is 1. The van der Waals surface area contributed by atoms with Crippen LogP contribution in [0.1, 0.15) is 22.9 Å². The number of nitrogens with one attached hydrogen (secondary N) is 1. The number of rotatable bonds is 5. The Morgan fingerprint density at radius 3 is 2.70 bits per heavy atom. The molecular formula is C15H18FN3O. The first-order valence-corrected chi connectivity index (χ1v) is 6.35. The van der Waals surface area contributed by atoms with Crippen molar-refractivity contribution in [2.24, 2.45) is 5.84 Å². The Morgan fingerprint density at radius 2 is 2.15 bits per heavy atom. The van der Waals surface area contributed by atoms with E-state index >= 15 is 0 Å². The normalized spacial score (nSPS) is 12.2. The van der Waals surface area contributed by atoms with Gasteiger partial charge in [-0.05, 0) is 42.7 Å². The van der Waals surface area contributed by atoms with E-state index in [0.717, 1.165) is 16.8 Å². The zero-order valence-corrected chi connectivity index (χ0v) is 11.6. The Bertz CT molecular complexity index is 572. The molecule has 0 aliphatic heterocycles. The van der Waals surface area contributed by atoms with Crippen molar-refractivity contribution in [3.8, 4) is 5.75 Å². The number of halogens is 1. The third kappa shape index (κ3) is 3.31. The van der Waals surface area contributed by atoms with Crippen molar-refractivity contribution in [1.82, 2.24) is 10.4 Å². The molecule has 5 heteroatoms. The molecular weight excluding hydrogens is 257 g/mol. The van der Waals surface area contributed by atoms with E-state index in [4.69, 9.17) is 10.6 Å². The van der Waals surface area contributed by atoms with E-state index < -0.39 is 0 Å². The lowest BCUT2D eigenvalue weighted by atomic mass is 10.0. The molecule has 0 radical (unpaired) electrons. The third-order valence-electron chi connectivity index (χ3n) is 3.19. The van der Waals surface area contributed by atoms with Gasteiger partial charge in [0.2, 0.25) is 0 Å². The minimum Gasteiger partial charge on any atom is -0.494 e. The number of nitrogens with two attached hydrogens (primary N) is 1. The second-order valence-corrected chi connectivity index (χ2v) is 4.63. The average molecular weight is 275 g/mol. The van der Waals surface area contributed by atoms with Crippen LogP contribution in [0.15, 0.2) is 36.5 Å². The highest BCUT2D eigenvalue weighted by Crippen LogP contribution is 2.22. The molecule has 0 amide bonds. The van der Waals surface area contributed by atoms with Gasteiger partial charge in [-0.1, -0.05) is 12.1 Å². The van der Waals surface area contributed by atoms with E-state index in [2.05, 4.69) is 10.4 Å². The molecule has 1 aromatic carbocycles. The second-order valence-electron chi connectivity index (χ2n) is 4.63. The standard InChI is InChI=1S/C15H18FN3O/c1-10-3-5-12(9-18-10)14(19-17)8-11-4-6-15(20-2)13(16)7-11/h3-7,9,14,19H,8,17H2,1-2H3. The smallest absolute Gasteiger partial charge is 0.165 e. The molecule has 1 unspecified atom stereocenters. The molecule has 20 heavy (non-hydrogen) atoms. The summed E-state index contributed by atoms with van der Waals surface area (Å²) in [6, 6.07) is 8.68. The number of hydrogen-bond donors (Lipinski definition) is 2. The Labute approximate surface area is 117 Å². The van der Waals surface area contributed by atoms with Crippen LogP contribution >= 0.6 is 0 Å². The summed E-state index contributed by atoms with van der Waals surface area (Å²) in [6.45, 7) is 1.92. The Morgan fingerprint density at radius 1 is 1.35 bits per heavy atom. The molecule has 2 aromatic rings. The molecule has 2 rings (SSSR count). The van der Waals surface area contributed by atoms with Crippen LogP contribution in [0, 0.1) is 12.7 Å². The second kappa shape index (κ2) is 6.45. The maximum atomic E-state index is 13.7. The van der Waals surface area contributed by atoms with Gasteiger partial charge in [0.25, 0.3) is 0 Å². The number of hydrogen-bond acceptors (Lipinski definition) is 4. The number of pyridine rings is 1. The summed E-state index contributed by atoms with van der Waals surface area (Å²) < 4.78 is 18.6. The lowest BCUT2D eigenvalue weighted by molar-refractivity contribution is 0.386. The van der Waals surface area contributed by atoms with Crippen molar-refractivity contribution < 1.29 is 9.13 Å². The highest BCUT2D eigenvalue weighted by Gasteiger charge is 2.12. The molecule has 1 heterocycles. The Kier molecular flexibility index (Phi) is 4.65. The SMILES string of the molecule is COc1ccc(CC(NN)c2ccc(C)nc2)cc1F. The number of nitrogens with zero attached hydrogens (tertiary/aromatic N) is 1. The summed E-state index contributed by atoms with van der Waals surface area (Å²) in [5, 5.41) is 0. The van der Waals surface area contributed by atoms with Crippen molar-refractivity contribution in [1.29, 1.82) is 0 Å². The molecule has 0 aliphatic rings. The first-order chi connectivity index (χ1) is 9.63. The predicted octanol–water partition coefficient (Wildman–Crippen LogP) is 2.28. The third-order valence-corrected chi connectivity index (χ3v) is 3.19. The molecule has 3 N–H and O–H groups in total. The van der Waals surface area contributed by atoms with Crippen LogP contribution in [-0.2, 0) is 6.42 Å². The van der Waals surface area contributed by atoms with Crippen LogP contribution in [-0.4, -0.2) is 12.1 Å². The quantitative estimate of drug-likeness (QED) is 0.649. The van der Waals surface area contributed by atoms with E-state index in [1.165, 1.54) is 13.2 Å². The number of benzene rings is 1. The van der Waals surface area contributed by atoms with E-state index in [1.807, 2.05) is 25.1 Å². The van der Waals surface area contributed by atoms with E-state index in [-0.39, 0.29) is 17.6 Å². The van der Waals surface area contributed by atoms with Crippen molar-refractivity contribution >= 4 is 0 Å². The van der Waals surface area contributed by atoms with Crippen LogP contribution in [0.3, 0.4) is 0 Å². The maximum absolute atomic E-state index is 13.7. The first-order valence-electron chi connectivity index (χ1n) is 6.35. The molecule has 0 saturated carbocycles. The van der Waals surface area contributed by atoms with Gasteiger partial charge in [0.1, 0.15) is 0 Å². The van der Waals surface area contributed by atoms with Gasteiger partial charge in [-0.2, -0.15) is 0 Å². The fourth-order valence-electron chi connectivity index (χ4n) is 2.03. The zero-order valence-electron chi connectivity index (χ0n) is 11.6. The maximum Gasteiger partial charge on any atom is 0.165 e. The van der Waals surface area contributed by atoms with Gasteiger partial charge in [0.15, 0.2) is 11.6 Å². The van der Waals surface area contributed by atoms with Crippen LogP contribution < -0.4 is 16.0 Å². The van der Waals surface area contributed by atoms with Gasteiger partial charge in [-0.3, -0.25) is 16.3 Å².